The Morgan fingerprint density at radius 3 is 2.23 bits per heavy atom. The molecule has 0 saturated heterocycles. The van der Waals surface area contributed by atoms with E-state index in [0.717, 1.165) is 16.7 Å². The van der Waals surface area contributed by atoms with E-state index in [1.165, 1.54) is 0 Å². The van der Waals surface area contributed by atoms with Crippen molar-refractivity contribution in [2.45, 2.75) is 39.2 Å². The van der Waals surface area contributed by atoms with Crippen molar-refractivity contribution >= 4 is 18.9 Å². The highest BCUT2D eigenvalue weighted by Crippen LogP contribution is 2.22. The van der Waals surface area contributed by atoms with Crippen LogP contribution in [0.3, 0.4) is 0 Å². The molecule has 30 heavy (non-hydrogen) atoms. The van der Waals surface area contributed by atoms with Crippen LogP contribution in [-0.4, -0.2) is 52.7 Å². The molecule has 7 nitrogen and oxygen atoms in total. The van der Waals surface area contributed by atoms with Gasteiger partial charge in [-0.25, -0.2) is 0 Å². The van der Waals surface area contributed by atoms with Crippen LogP contribution in [0.25, 0.3) is 11.1 Å². The van der Waals surface area contributed by atoms with Crippen LogP contribution in [0.15, 0.2) is 48.5 Å². The molecular formula is C22H29BN2O5. The van der Waals surface area contributed by atoms with E-state index in [9.17, 15) is 24.7 Å². The van der Waals surface area contributed by atoms with E-state index in [2.05, 4.69) is 10.6 Å². The molecule has 0 aliphatic rings. The van der Waals surface area contributed by atoms with Crippen molar-refractivity contribution in [3.63, 3.8) is 0 Å². The van der Waals surface area contributed by atoms with Gasteiger partial charge in [0.05, 0.1) is 12.5 Å². The van der Waals surface area contributed by atoms with Crippen molar-refractivity contribution in [1.29, 1.82) is 0 Å². The lowest BCUT2D eigenvalue weighted by Crippen LogP contribution is -2.55. The number of carbonyl (C=O) groups excluding carboxylic acids is 2. The summed E-state index contributed by atoms with van der Waals surface area (Å²) in [6.45, 7) is 4.94. The standard InChI is InChI=1S/C22H29BN2O5/c1-14(2)11-20(23(29)30)25-22(28)19(13-26)24-21(27)18-12-17(10-9-15(18)3)16-7-5-4-6-8-16/h4-10,12,14,19-20,26,29-30H,11,13H2,1-3H3,(H,24,27)(H,25,28)/t19-,20?/m0/s1. The van der Waals surface area contributed by atoms with Gasteiger partial charge in [0.1, 0.15) is 6.04 Å². The molecule has 5 N–H and O–H groups in total. The highest BCUT2D eigenvalue weighted by atomic mass is 16.4. The third-order valence-corrected chi connectivity index (χ3v) is 4.81. The zero-order chi connectivity index (χ0) is 22.3. The Hall–Kier alpha value is -2.68. The van der Waals surface area contributed by atoms with Gasteiger partial charge in [-0.15, -0.1) is 0 Å². The Balaban J connectivity index is 2.15. The highest BCUT2D eigenvalue weighted by Gasteiger charge is 2.30. The monoisotopic (exact) mass is 412 g/mol. The quantitative estimate of drug-likeness (QED) is 0.398. The molecule has 2 rings (SSSR count). The maximum absolute atomic E-state index is 12.8. The van der Waals surface area contributed by atoms with Crippen LogP contribution in [0.5, 0.6) is 0 Å². The molecule has 2 aromatic carbocycles. The normalized spacial score (nSPS) is 12.9. The molecule has 0 aliphatic heterocycles. The first-order valence-corrected chi connectivity index (χ1v) is 9.97. The Bertz CT molecular complexity index is 858. The van der Waals surface area contributed by atoms with Gasteiger partial charge in [-0.2, -0.15) is 0 Å². The van der Waals surface area contributed by atoms with Crippen LogP contribution in [0.2, 0.25) is 0 Å². The number of benzene rings is 2. The van der Waals surface area contributed by atoms with Crippen molar-refractivity contribution in [2.75, 3.05) is 6.61 Å². The number of carbonyl (C=O) groups is 2. The Morgan fingerprint density at radius 1 is 1.00 bits per heavy atom. The summed E-state index contributed by atoms with van der Waals surface area (Å²) in [6, 6.07) is 13.9. The van der Waals surface area contributed by atoms with Gasteiger partial charge in [-0.1, -0.05) is 56.3 Å². The first-order valence-electron chi connectivity index (χ1n) is 9.97. The maximum atomic E-state index is 12.8. The van der Waals surface area contributed by atoms with E-state index < -0.39 is 37.5 Å². The molecule has 0 bridgehead atoms. The smallest absolute Gasteiger partial charge is 0.426 e. The second-order valence-corrected chi connectivity index (χ2v) is 7.76. The van der Waals surface area contributed by atoms with E-state index in [4.69, 9.17) is 0 Å². The largest absolute Gasteiger partial charge is 0.475 e. The summed E-state index contributed by atoms with van der Waals surface area (Å²) in [7, 11) is -1.74. The minimum absolute atomic E-state index is 0.114. The highest BCUT2D eigenvalue weighted by molar-refractivity contribution is 6.43. The van der Waals surface area contributed by atoms with Crippen molar-refractivity contribution in [3.05, 3.63) is 59.7 Å². The van der Waals surface area contributed by atoms with Gasteiger partial charge < -0.3 is 25.8 Å². The van der Waals surface area contributed by atoms with Crippen molar-refractivity contribution in [2.24, 2.45) is 5.92 Å². The van der Waals surface area contributed by atoms with Gasteiger partial charge in [0.25, 0.3) is 5.91 Å². The fourth-order valence-electron chi connectivity index (χ4n) is 3.15. The predicted octanol–water partition coefficient (Wildman–Crippen LogP) is 1.30. The molecule has 8 heteroatoms. The predicted molar refractivity (Wildman–Crippen MR) is 117 cm³/mol. The second-order valence-electron chi connectivity index (χ2n) is 7.76. The molecule has 0 fully saturated rings. The van der Waals surface area contributed by atoms with E-state index in [1.807, 2.05) is 56.3 Å². The Morgan fingerprint density at radius 2 is 1.67 bits per heavy atom. The molecule has 2 atom stereocenters. The molecule has 160 valence electrons. The lowest BCUT2D eigenvalue weighted by molar-refractivity contribution is -0.124. The molecule has 0 heterocycles. The van der Waals surface area contributed by atoms with Gasteiger partial charge in [0.15, 0.2) is 0 Å². The van der Waals surface area contributed by atoms with Gasteiger partial charge in [0.2, 0.25) is 5.91 Å². The molecule has 2 amide bonds. The van der Waals surface area contributed by atoms with Crippen LogP contribution in [0.4, 0.5) is 0 Å². The third-order valence-electron chi connectivity index (χ3n) is 4.81. The molecule has 0 spiro atoms. The van der Waals surface area contributed by atoms with Crippen LogP contribution in [0.1, 0.15) is 36.2 Å². The summed E-state index contributed by atoms with van der Waals surface area (Å²) in [5.41, 5.74) is 2.93. The SMILES string of the molecule is Cc1ccc(-c2ccccc2)cc1C(=O)N[C@@H](CO)C(=O)NC(CC(C)C)B(O)O. The summed E-state index contributed by atoms with van der Waals surface area (Å²) in [6.07, 6.45) is 0.341. The topological polar surface area (TPSA) is 119 Å². The van der Waals surface area contributed by atoms with Gasteiger partial charge in [-0.3, -0.25) is 9.59 Å². The number of aryl methyl sites for hydroxylation is 1. The summed E-state index contributed by atoms with van der Waals surface area (Å²) >= 11 is 0. The number of aliphatic hydroxyl groups excluding tert-OH is 1. The minimum atomic E-state index is -1.74. The maximum Gasteiger partial charge on any atom is 0.475 e. The average Bonchev–Trinajstić information content (AvgIpc) is 2.71. The Labute approximate surface area is 177 Å². The first-order chi connectivity index (χ1) is 14.2. The Kier molecular flexibility index (Phi) is 8.59. The van der Waals surface area contributed by atoms with E-state index in [0.29, 0.717) is 12.0 Å². The third kappa shape index (κ3) is 6.42. The fraction of sp³-hybridized carbons (Fsp3) is 0.364. The first kappa shape index (κ1) is 23.6. The number of hydrogen-bond donors (Lipinski definition) is 5. The number of hydrogen-bond acceptors (Lipinski definition) is 5. The molecule has 1 unspecified atom stereocenters. The van der Waals surface area contributed by atoms with Crippen LogP contribution in [0, 0.1) is 12.8 Å². The molecular weight excluding hydrogens is 383 g/mol. The van der Waals surface area contributed by atoms with Crippen LogP contribution < -0.4 is 10.6 Å². The molecule has 0 radical (unpaired) electrons. The molecule has 0 aromatic heterocycles. The van der Waals surface area contributed by atoms with Crippen molar-refractivity contribution < 1.29 is 24.7 Å². The summed E-state index contributed by atoms with van der Waals surface area (Å²) in [5, 5.41) is 33.6. The summed E-state index contributed by atoms with van der Waals surface area (Å²) < 4.78 is 0. The number of nitrogens with one attached hydrogen (secondary N) is 2. The lowest BCUT2D eigenvalue weighted by atomic mass is 9.75. The second kappa shape index (κ2) is 10.9. The fourth-order valence-corrected chi connectivity index (χ4v) is 3.15. The lowest BCUT2D eigenvalue weighted by Gasteiger charge is -2.23. The van der Waals surface area contributed by atoms with Gasteiger partial charge in [-0.05, 0) is 42.0 Å². The molecule has 0 saturated carbocycles. The van der Waals surface area contributed by atoms with Crippen molar-refractivity contribution in [3.8, 4) is 11.1 Å². The van der Waals surface area contributed by atoms with Gasteiger partial charge in [0, 0.05) is 5.56 Å². The zero-order valence-corrected chi connectivity index (χ0v) is 17.5. The average molecular weight is 412 g/mol. The van der Waals surface area contributed by atoms with Crippen LogP contribution in [-0.2, 0) is 4.79 Å². The van der Waals surface area contributed by atoms with Crippen molar-refractivity contribution in [1.82, 2.24) is 10.6 Å². The van der Waals surface area contributed by atoms with E-state index in [-0.39, 0.29) is 5.92 Å². The van der Waals surface area contributed by atoms with E-state index in [1.54, 1.807) is 13.0 Å². The van der Waals surface area contributed by atoms with Gasteiger partial charge >= 0.3 is 7.12 Å². The number of rotatable bonds is 9. The van der Waals surface area contributed by atoms with E-state index >= 15 is 0 Å². The molecule has 0 aliphatic carbocycles. The zero-order valence-electron chi connectivity index (χ0n) is 17.5. The summed E-state index contributed by atoms with van der Waals surface area (Å²) in [5.74, 6) is -1.96. The summed E-state index contributed by atoms with van der Waals surface area (Å²) in [4.78, 5) is 25.3. The number of amides is 2. The molecule has 2 aromatic rings. The number of aliphatic hydroxyl groups is 1. The minimum Gasteiger partial charge on any atom is -0.426 e. The van der Waals surface area contributed by atoms with Crippen LogP contribution >= 0.6 is 0 Å².